The molecule has 0 unspecified atom stereocenters. The van der Waals surface area contributed by atoms with Gasteiger partial charge in [-0.2, -0.15) is 0 Å². The van der Waals surface area contributed by atoms with Crippen molar-refractivity contribution in [3.63, 3.8) is 0 Å². The van der Waals surface area contributed by atoms with Gasteiger partial charge >= 0.3 is 0 Å². The van der Waals surface area contributed by atoms with Gasteiger partial charge in [0.1, 0.15) is 0 Å². The Bertz CT molecular complexity index is 304. The highest BCUT2D eigenvalue weighted by molar-refractivity contribution is 7.98. The zero-order valence-corrected chi connectivity index (χ0v) is 9.79. The summed E-state index contributed by atoms with van der Waals surface area (Å²) in [5.74, 6) is 0. The second-order valence-electron chi connectivity index (χ2n) is 3.19. The van der Waals surface area contributed by atoms with Crippen molar-refractivity contribution in [1.29, 1.82) is 0 Å². The molecule has 0 bridgehead atoms. The minimum absolute atomic E-state index is 0.714. The SMILES string of the molecule is COCc1c(C)c(SC)n(C)c1C. The van der Waals surface area contributed by atoms with Gasteiger partial charge < -0.3 is 9.30 Å². The van der Waals surface area contributed by atoms with Gasteiger partial charge in [-0.25, -0.2) is 0 Å². The fraction of sp³-hybridized carbons (Fsp3) is 0.600. The maximum atomic E-state index is 5.18. The first-order valence-corrected chi connectivity index (χ1v) is 5.53. The van der Waals surface area contributed by atoms with Crippen LogP contribution in [-0.2, 0) is 18.4 Å². The molecule has 1 aromatic rings. The van der Waals surface area contributed by atoms with Crippen LogP contribution in [0.1, 0.15) is 16.8 Å². The molecule has 0 aliphatic heterocycles. The summed E-state index contributed by atoms with van der Waals surface area (Å²) in [7, 11) is 3.85. The van der Waals surface area contributed by atoms with Crippen LogP contribution in [0.5, 0.6) is 0 Å². The van der Waals surface area contributed by atoms with Gasteiger partial charge in [0.05, 0.1) is 11.6 Å². The van der Waals surface area contributed by atoms with E-state index >= 15 is 0 Å². The fourth-order valence-corrected chi connectivity index (χ4v) is 2.49. The average molecular weight is 199 g/mol. The van der Waals surface area contributed by atoms with Crippen molar-refractivity contribution in [2.45, 2.75) is 25.5 Å². The zero-order chi connectivity index (χ0) is 10.0. The number of rotatable bonds is 3. The Balaban J connectivity index is 3.19. The number of thioether (sulfide) groups is 1. The summed E-state index contributed by atoms with van der Waals surface area (Å²) in [6.45, 7) is 5.01. The molecule has 0 spiro atoms. The quantitative estimate of drug-likeness (QED) is 0.694. The highest BCUT2D eigenvalue weighted by Gasteiger charge is 2.13. The normalized spacial score (nSPS) is 10.8. The summed E-state index contributed by atoms with van der Waals surface area (Å²) in [6, 6.07) is 0. The molecule has 2 nitrogen and oxygen atoms in total. The molecule has 1 heterocycles. The summed E-state index contributed by atoms with van der Waals surface area (Å²) < 4.78 is 7.41. The predicted molar refractivity (Wildman–Crippen MR) is 57.4 cm³/mol. The number of methoxy groups -OCH3 is 1. The molecule has 1 aromatic heterocycles. The third-order valence-electron chi connectivity index (χ3n) is 2.50. The smallest absolute Gasteiger partial charge is 0.0778 e. The Morgan fingerprint density at radius 2 is 2.00 bits per heavy atom. The summed E-state index contributed by atoms with van der Waals surface area (Å²) in [5.41, 5.74) is 3.99. The monoisotopic (exact) mass is 199 g/mol. The van der Waals surface area contributed by atoms with E-state index in [1.54, 1.807) is 18.9 Å². The highest BCUT2D eigenvalue weighted by Crippen LogP contribution is 2.28. The van der Waals surface area contributed by atoms with Gasteiger partial charge in [0.15, 0.2) is 0 Å². The van der Waals surface area contributed by atoms with Crippen molar-refractivity contribution < 1.29 is 4.74 Å². The van der Waals surface area contributed by atoms with Gasteiger partial charge in [-0.1, -0.05) is 0 Å². The van der Waals surface area contributed by atoms with Crippen LogP contribution in [0.2, 0.25) is 0 Å². The Morgan fingerprint density at radius 1 is 1.38 bits per heavy atom. The molecule has 1 rings (SSSR count). The largest absolute Gasteiger partial charge is 0.380 e. The van der Waals surface area contributed by atoms with Crippen molar-refractivity contribution in [3.05, 3.63) is 16.8 Å². The maximum absolute atomic E-state index is 5.18. The van der Waals surface area contributed by atoms with Crippen LogP contribution < -0.4 is 0 Å². The van der Waals surface area contributed by atoms with Crippen LogP contribution >= 0.6 is 11.8 Å². The lowest BCUT2D eigenvalue weighted by Crippen LogP contribution is -1.94. The van der Waals surface area contributed by atoms with Crippen molar-refractivity contribution in [2.75, 3.05) is 13.4 Å². The Morgan fingerprint density at radius 3 is 2.38 bits per heavy atom. The van der Waals surface area contributed by atoms with E-state index in [4.69, 9.17) is 4.74 Å². The molecule has 0 saturated heterocycles. The van der Waals surface area contributed by atoms with E-state index in [1.165, 1.54) is 21.8 Å². The van der Waals surface area contributed by atoms with E-state index in [0.717, 1.165) is 0 Å². The minimum Gasteiger partial charge on any atom is -0.380 e. The van der Waals surface area contributed by atoms with E-state index in [-0.39, 0.29) is 0 Å². The first-order valence-electron chi connectivity index (χ1n) is 4.31. The third-order valence-corrected chi connectivity index (χ3v) is 3.47. The first kappa shape index (κ1) is 10.7. The number of nitrogens with zero attached hydrogens (tertiary/aromatic N) is 1. The lowest BCUT2D eigenvalue weighted by atomic mass is 10.2. The van der Waals surface area contributed by atoms with E-state index in [9.17, 15) is 0 Å². The molecule has 0 radical (unpaired) electrons. The second-order valence-corrected chi connectivity index (χ2v) is 3.99. The second kappa shape index (κ2) is 4.20. The van der Waals surface area contributed by atoms with Gasteiger partial charge in [-0.3, -0.25) is 0 Å². The summed E-state index contributed by atoms with van der Waals surface area (Å²) >= 11 is 1.79. The van der Waals surface area contributed by atoms with Gasteiger partial charge in [0.2, 0.25) is 0 Å². The lowest BCUT2D eigenvalue weighted by molar-refractivity contribution is 0.184. The molecular formula is C10H17NOS. The zero-order valence-electron chi connectivity index (χ0n) is 8.97. The molecule has 0 fully saturated rings. The molecule has 0 aromatic carbocycles. The highest BCUT2D eigenvalue weighted by atomic mass is 32.2. The number of ether oxygens (including phenoxy) is 1. The lowest BCUT2D eigenvalue weighted by Gasteiger charge is -2.01. The fourth-order valence-electron chi connectivity index (χ4n) is 1.65. The standard InChI is InChI=1S/C10H17NOS/c1-7-9(6-12-4)8(2)11(3)10(7)13-5/h6H2,1-5H3. The topological polar surface area (TPSA) is 14.2 Å². The van der Waals surface area contributed by atoms with Crippen molar-refractivity contribution in [1.82, 2.24) is 4.57 Å². The number of hydrogen-bond acceptors (Lipinski definition) is 2. The molecule has 0 aliphatic rings. The van der Waals surface area contributed by atoms with E-state index < -0.39 is 0 Å². The Hall–Kier alpha value is -0.410. The molecule has 74 valence electrons. The Kier molecular flexibility index (Phi) is 3.45. The first-order chi connectivity index (χ1) is 6.13. The predicted octanol–water partition coefficient (Wildman–Crippen LogP) is 2.51. The number of hydrogen-bond donors (Lipinski definition) is 0. The summed E-state index contributed by atoms with van der Waals surface area (Å²) in [5, 5.41) is 1.34. The summed E-state index contributed by atoms with van der Waals surface area (Å²) in [4.78, 5) is 0. The van der Waals surface area contributed by atoms with E-state index in [1.807, 2.05) is 0 Å². The minimum atomic E-state index is 0.714. The van der Waals surface area contributed by atoms with Crippen molar-refractivity contribution in [3.8, 4) is 0 Å². The van der Waals surface area contributed by atoms with Crippen LogP contribution in [0.4, 0.5) is 0 Å². The Labute approximate surface area is 84.3 Å². The van der Waals surface area contributed by atoms with Crippen molar-refractivity contribution >= 4 is 11.8 Å². The average Bonchev–Trinajstić information content (AvgIpc) is 2.31. The number of aromatic nitrogens is 1. The van der Waals surface area contributed by atoms with Crippen LogP contribution in [0.3, 0.4) is 0 Å². The van der Waals surface area contributed by atoms with Crippen LogP contribution in [0, 0.1) is 13.8 Å². The van der Waals surface area contributed by atoms with Crippen LogP contribution in [0.25, 0.3) is 0 Å². The maximum Gasteiger partial charge on any atom is 0.0778 e. The molecular weight excluding hydrogens is 182 g/mol. The van der Waals surface area contributed by atoms with Gasteiger partial charge in [0.25, 0.3) is 0 Å². The molecule has 0 atom stereocenters. The van der Waals surface area contributed by atoms with E-state index in [0.29, 0.717) is 6.61 Å². The summed E-state index contributed by atoms with van der Waals surface area (Å²) in [6.07, 6.45) is 2.11. The van der Waals surface area contributed by atoms with Gasteiger partial charge in [-0.05, 0) is 25.7 Å². The molecule has 0 N–H and O–H groups in total. The van der Waals surface area contributed by atoms with Crippen LogP contribution in [-0.4, -0.2) is 17.9 Å². The van der Waals surface area contributed by atoms with Gasteiger partial charge in [-0.15, -0.1) is 11.8 Å². The molecule has 0 aliphatic carbocycles. The van der Waals surface area contributed by atoms with Crippen molar-refractivity contribution in [2.24, 2.45) is 7.05 Å². The molecule has 13 heavy (non-hydrogen) atoms. The molecule has 0 saturated carbocycles. The molecule has 0 amide bonds. The third kappa shape index (κ3) is 1.76. The van der Waals surface area contributed by atoms with Crippen LogP contribution in [0.15, 0.2) is 5.03 Å². The molecule has 3 heteroatoms. The van der Waals surface area contributed by atoms with Gasteiger partial charge in [0, 0.05) is 25.4 Å². The van der Waals surface area contributed by atoms with E-state index in [2.05, 4.69) is 31.7 Å².